The standard InChI is InChI=1S/C20H21N5O3/c1-11-5-12(2)19-15(6-11)16(7-17(22-19)13-3-4-13)20(28)21-8-14-9-25(24-23-14)10-18(26)27/h5-7,9,13H,3-4,8,10H2,1-2H3,(H,21,28)(H,26,27). The van der Waals surface area contributed by atoms with Crippen LogP contribution in [0.3, 0.4) is 0 Å². The van der Waals surface area contributed by atoms with E-state index in [-0.39, 0.29) is 19.0 Å². The number of aryl methyl sites for hydroxylation is 2. The minimum absolute atomic E-state index is 0.172. The van der Waals surface area contributed by atoms with Crippen LogP contribution in [-0.2, 0) is 17.9 Å². The molecule has 1 saturated carbocycles. The van der Waals surface area contributed by atoms with Crippen LogP contribution in [0.1, 0.15) is 51.6 Å². The maximum atomic E-state index is 12.9. The third-order valence-electron chi connectivity index (χ3n) is 4.82. The molecule has 3 aromatic rings. The van der Waals surface area contributed by atoms with Gasteiger partial charge in [0.2, 0.25) is 0 Å². The van der Waals surface area contributed by atoms with Crippen molar-refractivity contribution in [2.24, 2.45) is 0 Å². The van der Waals surface area contributed by atoms with Crippen LogP contribution in [0, 0.1) is 13.8 Å². The number of benzene rings is 1. The van der Waals surface area contributed by atoms with E-state index in [2.05, 4.69) is 21.7 Å². The highest BCUT2D eigenvalue weighted by Gasteiger charge is 2.27. The molecule has 2 aromatic heterocycles. The van der Waals surface area contributed by atoms with Crippen molar-refractivity contribution in [2.75, 3.05) is 0 Å². The van der Waals surface area contributed by atoms with Gasteiger partial charge in [0.25, 0.3) is 5.91 Å². The Bertz CT molecular complexity index is 1080. The maximum Gasteiger partial charge on any atom is 0.325 e. The number of nitrogens with zero attached hydrogens (tertiary/aromatic N) is 4. The summed E-state index contributed by atoms with van der Waals surface area (Å²) in [6, 6.07) is 5.97. The number of nitrogens with one attached hydrogen (secondary N) is 1. The monoisotopic (exact) mass is 379 g/mol. The smallest absolute Gasteiger partial charge is 0.325 e. The molecule has 144 valence electrons. The zero-order chi connectivity index (χ0) is 19.8. The quantitative estimate of drug-likeness (QED) is 0.680. The SMILES string of the molecule is Cc1cc(C)c2nc(C3CC3)cc(C(=O)NCc3cn(CC(=O)O)nn3)c2c1. The van der Waals surface area contributed by atoms with Gasteiger partial charge in [0.1, 0.15) is 12.2 Å². The Labute approximate surface area is 161 Å². The Hall–Kier alpha value is -3.29. The second kappa shape index (κ2) is 7.03. The van der Waals surface area contributed by atoms with E-state index in [4.69, 9.17) is 10.1 Å². The fraction of sp³-hybridized carbons (Fsp3) is 0.350. The largest absolute Gasteiger partial charge is 0.480 e. The van der Waals surface area contributed by atoms with Crippen LogP contribution in [-0.4, -0.2) is 37.0 Å². The Morgan fingerprint density at radius 1 is 1.25 bits per heavy atom. The first-order chi connectivity index (χ1) is 13.4. The number of carbonyl (C=O) groups excluding carboxylic acids is 1. The Morgan fingerprint density at radius 3 is 2.75 bits per heavy atom. The van der Waals surface area contributed by atoms with E-state index in [9.17, 15) is 9.59 Å². The first-order valence-corrected chi connectivity index (χ1v) is 9.21. The van der Waals surface area contributed by atoms with Crippen LogP contribution in [0.2, 0.25) is 0 Å². The molecule has 8 heteroatoms. The number of fused-ring (bicyclic) bond motifs is 1. The summed E-state index contributed by atoms with van der Waals surface area (Å²) in [4.78, 5) is 28.5. The predicted octanol–water partition coefficient (Wildman–Crippen LogP) is 2.34. The molecule has 0 radical (unpaired) electrons. The number of pyridine rings is 1. The first kappa shape index (κ1) is 18.1. The molecule has 0 saturated heterocycles. The molecule has 28 heavy (non-hydrogen) atoms. The summed E-state index contributed by atoms with van der Waals surface area (Å²) in [5, 5.41) is 20.2. The highest BCUT2D eigenvalue weighted by molar-refractivity contribution is 6.07. The van der Waals surface area contributed by atoms with E-state index < -0.39 is 5.97 Å². The molecule has 8 nitrogen and oxygen atoms in total. The molecule has 1 amide bonds. The van der Waals surface area contributed by atoms with Gasteiger partial charge in [0.05, 0.1) is 23.8 Å². The second-order valence-corrected chi connectivity index (χ2v) is 7.33. The van der Waals surface area contributed by atoms with Crippen molar-refractivity contribution >= 4 is 22.8 Å². The van der Waals surface area contributed by atoms with Crippen LogP contribution in [0.4, 0.5) is 0 Å². The van der Waals surface area contributed by atoms with Crippen LogP contribution in [0.25, 0.3) is 10.9 Å². The van der Waals surface area contributed by atoms with Gasteiger partial charge in [-0.1, -0.05) is 16.8 Å². The molecule has 0 unspecified atom stereocenters. The zero-order valence-corrected chi connectivity index (χ0v) is 15.8. The van der Waals surface area contributed by atoms with E-state index in [0.717, 1.165) is 40.6 Å². The molecular weight excluding hydrogens is 358 g/mol. The normalized spacial score (nSPS) is 13.6. The van der Waals surface area contributed by atoms with E-state index in [0.29, 0.717) is 17.2 Å². The van der Waals surface area contributed by atoms with Crippen LogP contribution >= 0.6 is 0 Å². The molecule has 2 N–H and O–H groups in total. The summed E-state index contributed by atoms with van der Waals surface area (Å²) < 4.78 is 1.23. The topological polar surface area (TPSA) is 110 Å². The summed E-state index contributed by atoms with van der Waals surface area (Å²) >= 11 is 0. The predicted molar refractivity (Wildman–Crippen MR) is 102 cm³/mol. The molecule has 0 spiro atoms. The van der Waals surface area contributed by atoms with Crippen LogP contribution < -0.4 is 5.32 Å². The van der Waals surface area contributed by atoms with Gasteiger partial charge in [-0.3, -0.25) is 14.6 Å². The average molecular weight is 379 g/mol. The number of rotatable bonds is 6. The van der Waals surface area contributed by atoms with Gasteiger partial charge < -0.3 is 10.4 Å². The number of aromatic nitrogens is 4. The lowest BCUT2D eigenvalue weighted by molar-refractivity contribution is -0.137. The number of aliphatic carboxylic acids is 1. The van der Waals surface area contributed by atoms with Crippen LogP contribution in [0.5, 0.6) is 0 Å². The summed E-state index contributed by atoms with van der Waals surface area (Å²) in [6.45, 7) is 3.93. The highest BCUT2D eigenvalue weighted by Crippen LogP contribution is 2.40. The van der Waals surface area contributed by atoms with Gasteiger partial charge >= 0.3 is 5.97 Å². The van der Waals surface area contributed by atoms with Gasteiger partial charge in [0.15, 0.2) is 0 Å². The fourth-order valence-electron chi connectivity index (χ4n) is 3.38. The molecule has 1 aromatic carbocycles. The number of carbonyl (C=O) groups is 2. The molecule has 1 aliphatic rings. The second-order valence-electron chi connectivity index (χ2n) is 7.33. The van der Waals surface area contributed by atoms with Crippen molar-refractivity contribution in [3.05, 3.63) is 52.5 Å². The molecule has 0 aliphatic heterocycles. The minimum Gasteiger partial charge on any atom is -0.480 e. The molecule has 2 heterocycles. The average Bonchev–Trinajstić information content (AvgIpc) is 3.39. The van der Waals surface area contributed by atoms with Gasteiger partial charge in [-0.05, 0) is 44.4 Å². The Morgan fingerprint density at radius 2 is 2.04 bits per heavy atom. The Kier molecular flexibility index (Phi) is 4.54. The van der Waals surface area contributed by atoms with E-state index in [1.165, 1.54) is 10.9 Å². The van der Waals surface area contributed by atoms with E-state index >= 15 is 0 Å². The molecule has 4 rings (SSSR count). The van der Waals surface area contributed by atoms with Crippen LogP contribution in [0.15, 0.2) is 24.4 Å². The summed E-state index contributed by atoms with van der Waals surface area (Å²) in [5.74, 6) is -0.762. The van der Waals surface area contributed by atoms with Gasteiger partial charge in [-0.2, -0.15) is 0 Å². The van der Waals surface area contributed by atoms with Crippen molar-refractivity contribution in [3.63, 3.8) is 0 Å². The number of amides is 1. The Balaban J connectivity index is 1.61. The number of carboxylic acids is 1. The lowest BCUT2D eigenvalue weighted by Crippen LogP contribution is -2.23. The summed E-state index contributed by atoms with van der Waals surface area (Å²) in [6.07, 6.45) is 3.73. The van der Waals surface area contributed by atoms with Gasteiger partial charge in [0, 0.05) is 17.0 Å². The zero-order valence-electron chi connectivity index (χ0n) is 15.8. The van der Waals surface area contributed by atoms with E-state index in [1.807, 2.05) is 26.0 Å². The highest BCUT2D eigenvalue weighted by atomic mass is 16.4. The number of carboxylic acid groups (broad SMARTS) is 1. The molecule has 1 aliphatic carbocycles. The number of hydrogen-bond donors (Lipinski definition) is 2. The van der Waals surface area contributed by atoms with Crippen molar-refractivity contribution in [3.8, 4) is 0 Å². The van der Waals surface area contributed by atoms with Crippen molar-refractivity contribution < 1.29 is 14.7 Å². The summed E-state index contributed by atoms with van der Waals surface area (Å²) in [5.41, 5.74) is 5.09. The lowest BCUT2D eigenvalue weighted by atomic mass is 10.00. The van der Waals surface area contributed by atoms with E-state index in [1.54, 1.807) is 0 Å². The number of hydrogen-bond acceptors (Lipinski definition) is 5. The van der Waals surface area contributed by atoms with Gasteiger partial charge in [-0.25, -0.2) is 4.68 Å². The minimum atomic E-state index is -0.998. The van der Waals surface area contributed by atoms with Crippen molar-refractivity contribution in [1.82, 2.24) is 25.3 Å². The lowest BCUT2D eigenvalue weighted by Gasteiger charge is -2.12. The fourth-order valence-corrected chi connectivity index (χ4v) is 3.38. The maximum absolute atomic E-state index is 12.9. The molecule has 1 fully saturated rings. The third-order valence-corrected chi connectivity index (χ3v) is 4.82. The van der Waals surface area contributed by atoms with Crippen molar-refractivity contribution in [2.45, 2.75) is 45.7 Å². The van der Waals surface area contributed by atoms with Crippen molar-refractivity contribution in [1.29, 1.82) is 0 Å². The molecule has 0 atom stereocenters. The first-order valence-electron chi connectivity index (χ1n) is 9.21. The molecule has 0 bridgehead atoms. The van der Waals surface area contributed by atoms with Gasteiger partial charge in [-0.15, -0.1) is 5.10 Å². The molecular formula is C20H21N5O3. The third kappa shape index (κ3) is 3.71. The summed E-state index contributed by atoms with van der Waals surface area (Å²) in [7, 11) is 0.